The number of benzene rings is 1. The van der Waals surface area contributed by atoms with Gasteiger partial charge in [-0.15, -0.1) is 0 Å². The third-order valence-corrected chi connectivity index (χ3v) is 4.11. The van der Waals surface area contributed by atoms with Gasteiger partial charge in [0, 0.05) is 23.1 Å². The molecule has 2 N–H and O–H groups in total. The quantitative estimate of drug-likeness (QED) is 0.837. The van der Waals surface area contributed by atoms with E-state index < -0.39 is 0 Å². The number of nitrogens with zero attached hydrogens (tertiary/aromatic N) is 1. The van der Waals surface area contributed by atoms with Crippen molar-refractivity contribution in [3.8, 4) is 0 Å². The van der Waals surface area contributed by atoms with Gasteiger partial charge in [-0.3, -0.25) is 9.59 Å². The van der Waals surface area contributed by atoms with Crippen molar-refractivity contribution >= 4 is 27.7 Å². The van der Waals surface area contributed by atoms with Crippen LogP contribution < -0.4 is 10.6 Å². The summed E-state index contributed by atoms with van der Waals surface area (Å²) in [7, 11) is 1.92. The number of carbonyl (C=O) groups excluding carboxylic acids is 2. The van der Waals surface area contributed by atoms with Crippen LogP contribution in [0.15, 0.2) is 28.7 Å². The van der Waals surface area contributed by atoms with Crippen molar-refractivity contribution in [1.82, 2.24) is 15.5 Å². The Hall–Kier alpha value is -1.40. The molecule has 0 aliphatic carbocycles. The molecule has 0 saturated carbocycles. The number of halogens is 1. The molecule has 1 fully saturated rings. The Morgan fingerprint density at radius 1 is 1.43 bits per heavy atom. The lowest BCUT2D eigenvalue weighted by atomic mass is 10.1. The number of hydrogen-bond acceptors (Lipinski definition) is 3. The molecule has 2 rings (SSSR count). The zero-order valence-corrected chi connectivity index (χ0v) is 13.6. The minimum Gasteiger partial charge on any atom is -0.343 e. The fourth-order valence-electron chi connectivity index (χ4n) is 2.51. The molecule has 0 aromatic heterocycles. The van der Waals surface area contributed by atoms with Crippen LogP contribution in [-0.4, -0.2) is 49.9 Å². The first-order valence-corrected chi connectivity index (χ1v) is 7.85. The maximum absolute atomic E-state index is 12.1. The van der Waals surface area contributed by atoms with Gasteiger partial charge in [0.2, 0.25) is 5.91 Å². The highest BCUT2D eigenvalue weighted by Gasteiger charge is 2.25. The predicted molar refractivity (Wildman–Crippen MR) is 85.1 cm³/mol. The first kappa shape index (κ1) is 16.0. The molecule has 1 aliphatic heterocycles. The molecule has 1 aromatic carbocycles. The minimum absolute atomic E-state index is 0.0167. The Balaban J connectivity index is 1.80. The van der Waals surface area contributed by atoms with Crippen molar-refractivity contribution in [2.75, 3.05) is 33.2 Å². The van der Waals surface area contributed by atoms with E-state index in [1.165, 1.54) is 0 Å². The summed E-state index contributed by atoms with van der Waals surface area (Å²) in [5, 5.41) is 5.82. The lowest BCUT2D eigenvalue weighted by molar-refractivity contribution is -0.129. The summed E-state index contributed by atoms with van der Waals surface area (Å²) in [6.45, 7) is 2.52. The Bertz CT molecular complexity index is 521. The number of carbonyl (C=O) groups is 2. The highest BCUT2D eigenvalue weighted by Crippen LogP contribution is 2.15. The summed E-state index contributed by atoms with van der Waals surface area (Å²) in [5.41, 5.74) is 0.548. The molecule has 6 heteroatoms. The van der Waals surface area contributed by atoms with Gasteiger partial charge in [0.15, 0.2) is 0 Å². The van der Waals surface area contributed by atoms with Crippen molar-refractivity contribution in [2.45, 2.75) is 6.42 Å². The Labute approximate surface area is 133 Å². The van der Waals surface area contributed by atoms with Gasteiger partial charge < -0.3 is 15.5 Å². The molecular formula is C15H20BrN3O2. The Kier molecular flexibility index (Phi) is 5.76. The van der Waals surface area contributed by atoms with Crippen LogP contribution in [0.1, 0.15) is 16.8 Å². The van der Waals surface area contributed by atoms with E-state index in [-0.39, 0.29) is 18.4 Å². The number of hydrogen-bond donors (Lipinski definition) is 2. The van der Waals surface area contributed by atoms with Crippen molar-refractivity contribution < 1.29 is 9.59 Å². The van der Waals surface area contributed by atoms with Gasteiger partial charge in [0.05, 0.1) is 6.54 Å². The standard InChI is InChI=1S/C15H20BrN3O2/c1-17-8-11-5-6-19(10-11)14(20)9-18-15(21)12-3-2-4-13(16)7-12/h2-4,7,11,17H,5-6,8-10H2,1H3,(H,18,21). The third-order valence-electron chi connectivity index (χ3n) is 3.62. The highest BCUT2D eigenvalue weighted by atomic mass is 79.9. The highest BCUT2D eigenvalue weighted by molar-refractivity contribution is 9.10. The molecule has 0 radical (unpaired) electrons. The van der Waals surface area contributed by atoms with E-state index in [0.717, 1.165) is 30.5 Å². The van der Waals surface area contributed by atoms with E-state index >= 15 is 0 Å². The SMILES string of the molecule is CNCC1CCN(C(=O)CNC(=O)c2cccc(Br)c2)C1. The van der Waals surface area contributed by atoms with E-state index in [9.17, 15) is 9.59 Å². The summed E-state index contributed by atoms with van der Waals surface area (Å²) >= 11 is 3.32. The van der Waals surface area contributed by atoms with E-state index in [2.05, 4.69) is 26.6 Å². The summed E-state index contributed by atoms with van der Waals surface area (Å²) in [5.74, 6) is 0.271. The lowest BCUT2D eigenvalue weighted by Crippen LogP contribution is -2.39. The number of nitrogens with one attached hydrogen (secondary N) is 2. The maximum atomic E-state index is 12.1. The normalized spacial score (nSPS) is 17.8. The first-order valence-electron chi connectivity index (χ1n) is 7.06. The largest absolute Gasteiger partial charge is 0.343 e. The van der Waals surface area contributed by atoms with Gasteiger partial charge in [-0.1, -0.05) is 22.0 Å². The first-order chi connectivity index (χ1) is 10.1. The van der Waals surface area contributed by atoms with Gasteiger partial charge in [0.1, 0.15) is 0 Å². The zero-order valence-electron chi connectivity index (χ0n) is 12.1. The van der Waals surface area contributed by atoms with Gasteiger partial charge in [-0.25, -0.2) is 0 Å². The van der Waals surface area contributed by atoms with Crippen LogP contribution in [0.25, 0.3) is 0 Å². The van der Waals surface area contributed by atoms with E-state index in [4.69, 9.17) is 0 Å². The molecule has 114 valence electrons. The molecule has 21 heavy (non-hydrogen) atoms. The van der Waals surface area contributed by atoms with Crippen molar-refractivity contribution in [3.05, 3.63) is 34.3 Å². The fourth-order valence-corrected chi connectivity index (χ4v) is 2.91. The molecule has 0 bridgehead atoms. The van der Waals surface area contributed by atoms with Crippen LogP contribution in [0, 0.1) is 5.92 Å². The molecule has 1 heterocycles. The second-order valence-corrected chi connectivity index (χ2v) is 6.16. The summed E-state index contributed by atoms with van der Waals surface area (Å²) in [6.07, 6.45) is 1.02. The Morgan fingerprint density at radius 3 is 2.95 bits per heavy atom. The summed E-state index contributed by atoms with van der Waals surface area (Å²) in [6, 6.07) is 7.11. The molecular weight excluding hydrogens is 334 g/mol. The molecule has 1 saturated heterocycles. The molecule has 0 spiro atoms. The second-order valence-electron chi connectivity index (χ2n) is 5.25. The van der Waals surface area contributed by atoms with Crippen LogP contribution in [-0.2, 0) is 4.79 Å². The molecule has 1 unspecified atom stereocenters. The maximum Gasteiger partial charge on any atom is 0.251 e. The van der Waals surface area contributed by atoms with Crippen LogP contribution in [0.4, 0.5) is 0 Å². The van der Waals surface area contributed by atoms with Crippen molar-refractivity contribution in [2.24, 2.45) is 5.92 Å². The smallest absolute Gasteiger partial charge is 0.251 e. The molecule has 1 atom stereocenters. The van der Waals surface area contributed by atoms with Gasteiger partial charge in [-0.2, -0.15) is 0 Å². The monoisotopic (exact) mass is 353 g/mol. The summed E-state index contributed by atoms with van der Waals surface area (Å²) < 4.78 is 0.843. The van der Waals surface area contributed by atoms with E-state index in [0.29, 0.717) is 11.5 Å². The van der Waals surface area contributed by atoms with Crippen LogP contribution in [0.5, 0.6) is 0 Å². The van der Waals surface area contributed by atoms with Crippen molar-refractivity contribution in [1.29, 1.82) is 0 Å². The molecule has 5 nitrogen and oxygen atoms in total. The lowest BCUT2D eigenvalue weighted by Gasteiger charge is -2.17. The zero-order chi connectivity index (χ0) is 15.2. The topological polar surface area (TPSA) is 61.4 Å². The second kappa shape index (κ2) is 7.56. The number of amides is 2. The average molecular weight is 354 g/mol. The number of rotatable bonds is 5. The van der Waals surface area contributed by atoms with Crippen LogP contribution in [0.2, 0.25) is 0 Å². The molecule has 1 aliphatic rings. The molecule has 2 amide bonds. The van der Waals surface area contributed by atoms with Gasteiger partial charge >= 0.3 is 0 Å². The molecule has 1 aromatic rings. The van der Waals surface area contributed by atoms with Gasteiger partial charge in [-0.05, 0) is 44.1 Å². The van der Waals surface area contributed by atoms with Crippen LogP contribution in [0.3, 0.4) is 0 Å². The van der Waals surface area contributed by atoms with E-state index in [1.54, 1.807) is 18.2 Å². The third kappa shape index (κ3) is 4.54. The van der Waals surface area contributed by atoms with Crippen molar-refractivity contribution in [3.63, 3.8) is 0 Å². The van der Waals surface area contributed by atoms with Crippen LogP contribution >= 0.6 is 15.9 Å². The van der Waals surface area contributed by atoms with E-state index in [1.807, 2.05) is 18.0 Å². The predicted octanol–water partition coefficient (Wildman–Crippen LogP) is 1.25. The van der Waals surface area contributed by atoms with Gasteiger partial charge in [0.25, 0.3) is 5.91 Å². The average Bonchev–Trinajstić information content (AvgIpc) is 2.93. The summed E-state index contributed by atoms with van der Waals surface area (Å²) in [4.78, 5) is 25.9. The minimum atomic E-state index is -0.226. The fraction of sp³-hybridized carbons (Fsp3) is 0.467. The Morgan fingerprint density at radius 2 is 2.24 bits per heavy atom. The number of likely N-dealkylation sites (tertiary alicyclic amines) is 1.